The molecular formula is C12H14Cl2N2S. The summed E-state index contributed by atoms with van der Waals surface area (Å²) in [4.78, 5) is 0. The zero-order valence-electron chi connectivity index (χ0n) is 9.47. The molecule has 2 nitrogen and oxygen atoms in total. The van der Waals surface area contributed by atoms with Gasteiger partial charge in [-0.3, -0.25) is 0 Å². The molecule has 0 unspecified atom stereocenters. The van der Waals surface area contributed by atoms with Gasteiger partial charge in [-0.15, -0.1) is 6.58 Å². The first-order valence-corrected chi connectivity index (χ1v) is 6.31. The van der Waals surface area contributed by atoms with E-state index in [1.54, 1.807) is 18.2 Å². The molecule has 1 aromatic rings. The van der Waals surface area contributed by atoms with Crippen LogP contribution in [0.5, 0.6) is 0 Å². The van der Waals surface area contributed by atoms with Crippen molar-refractivity contribution in [1.82, 2.24) is 10.6 Å². The van der Waals surface area contributed by atoms with E-state index in [1.165, 1.54) is 0 Å². The van der Waals surface area contributed by atoms with Crippen LogP contribution in [0.25, 0.3) is 0 Å². The lowest BCUT2D eigenvalue weighted by Gasteiger charge is -2.18. The topological polar surface area (TPSA) is 24.1 Å². The van der Waals surface area contributed by atoms with Gasteiger partial charge in [-0.1, -0.05) is 35.3 Å². The molecular weight excluding hydrogens is 275 g/mol. The predicted octanol–water partition coefficient (Wildman–Crippen LogP) is 3.70. The van der Waals surface area contributed by atoms with Crippen LogP contribution in [0.4, 0.5) is 0 Å². The molecule has 0 aliphatic rings. The lowest BCUT2D eigenvalue weighted by atomic mass is 10.1. The average molecular weight is 289 g/mol. The van der Waals surface area contributed by atoms with E-state index >= 15 is 0 Å². The summed E-state index contributed by atoms with van der Waals surface area (Å²) in [5, 5.41) is 7.96. The maximum absolute atomic E-state index is 6.11. The Balaban J connectivity index is 2.66. The van der Waals surface area contributed by atoms with Gasteiger partial charge in [0, 0.05) is 16.6 Å². The summed E-state index contributed by atoms with van der Waals surface area (Å²) in [6.45, 7) is 6.22. The molecule has 0 aliphatic carbocycles. The fourth-order valence-corrected chi connectivity index (χ4v) is 2.18. The van der Waals surface area contributed by atoms with Crippen molar-refractivity contribution >= 4 is 40.5 Å². The van der Waals surface area contributed by atoms with Gasteiger partial charge < -0.3 is 10.6 Å². The monoisotopic (exact) mass is 288 g/mol. The van der Waals surface area contributed by atoms with Crippen LogP contribution in [0, 0.1) is 0 Å². The van der Waals surface area contributed by atoms with Crippen molar-refractivity contribution in [2.75, 3.05) is 6.54 Å². The molecule has 0 bridgehead atoms. The van der Waals surface area contributed by atoms with Crippen LogP contribution < -0.4 is 10.6 Å². The summed E-state index contributed by atoms with van der Waals surface area (Å²) in [5.41, 5.74) is 0.957. The van der Waals surface area contributed by atoms with Crippen molar-refractivity contribution < 1.29 is 0 Å². The van der Waals surface area contributed by atoms with Crippen LogP contribution in [0.1, 0.15) is 18.5 Å². The number of benzene rings is 1. The normalized spacial score (nSPS) is 11.7. The number of hydrogen-bond acceptors (Lipinski definition) is 1. The Bertz CT molecular complexity index is 421. The van der Waals surface area contributed by atoms with E-state index in [0.717, 1.165) is 5.56 Å². The fourth-order valence-electron chi connectivity index (χ4n) is 1.34. The molecule has 17 heavy (non-hydrogen) atoms. The molecule has 0 spiro atoms. The van der Waals surface area contributed by atoms with E-state index < -0.39 is 0 Å². The second kappa shape index (κ2) is 6.84. The van der Waals surface area contributed by atoms with E-state index in [9.17, 15) is 0 Å². The Morgan fingerprint density at radius 1 is 1.53 bits per heavy atom. The van der Waals surface area contributed by atoms with Crippen LogP contribution in [0.15, 0.2) is 30.9 Å². The highest BCUT2D eigenvalue weighted by molar-refractivity contribution is 7.80. The Morgan fingerprint density at radius 3 is 2.82 bits per heavy atom. The van der Waals surface area contributed by atoms with E-state index in [1.807, 2.05) is 13.0 Å². The molecule has 1 aromatic carbocycles. The highest BCUT2D eigenvalue weighted by atomic mass is 35.5. The summed E-state index contributed by atoms with van der Waals surface area (Å²) < 4.78 is 0. The van der Waals surface area contributed by atoms with E-state index in [0.29, 0.717) is 21.7 Å². The fraction of sp³-hybridized carbons (Fsp3) is 0.250. The minimum Gasteiger partial charge on any atom is -0.359 e. The van der Waals surface area contributed by atoms with Gasteiger partial charge in [0.25, 0.3) is 0 Å². The maximum Gasteiger partial charge on any atom is 0.167 e. The highest BCUT2D eigenvalue weighted by Crippen LogP contribution is 2.25. The SMILES string of the molecule is C=CCNC(=S)N[C@@H](C)c1ccc(Cl)cc1Cl. The first-order chi connectivity index (χ1) is 8.04. The molecule has 0 saturated heterocycles. The minimum absolute atomic E-state index is 0.0181. The summed E-state index contributed by atoms with van der Waals surface area (Å²) >= 11 is 17.1. The second-order valence-corrected chi connectivity index (χ2v) is 4.78. The number of nitrogens with one attached hydrogen (secondary N) is 2. The van der Waals surface area contributed by atoms with E-state index in [4.69, 9.17) is 35.4 Å². The molecule has 0 heterocycles. The van der Waals surface area contributed by atoms with Gasteiger partial charge in [-0.2, -0.15) is 0 Å². The van der Waals surface area contributed by atoms with Crippen molar-refractivity contribution in [1.29, 1.82) is 0 Å². The lowest BCUT2D eigenvalue weighted by Crippen LogP contribution is -2.36. The largest absolute Gasteiger partial charge is 0.359 e. The number of halogens is 2. The summed E-state index contributed by atoms with van der Waals surface area (Å²) in [5.74, 6) is 0. The van der Waals surface area contributed by atoms with E-state index in [-0.39, 0.29) is 6.04 Å². The smallest absolute Gasteiger partial charge is 0.167 e. The summed E-state index contributed by atoms with van der Waals surface area (Å²) in [7, 11) is 0. The van der Waals surface area contributed by atoms with Crippen LogP contribution in [-0.4, -0.2) is 11.7 Å². The van der Waals surface area contributed by atoms with Gasteiger partial charge in [-0.25, -0.2) is 0 Å². The van der Waals surface area contributed by atoms with Gasteiger partial charge in [0.2, 0.25) is 0 Å². The van der Waals surface area contributed by atoms with Gasteiger partial charge in [0.15, 0.2) is 5.11 Å². The van der Waals surface area contributed by atoms with Gasteiger partial charge in [-0.05, 0) is 36.8 Å². The summed E-state index contributed by atoms with van der Waals surface area (Å²) in [6.07, 6.45) is 1.74. The van der Waals surface area contributed by atoms with Gasteiger partial charge >= 0.3 is 0 Å². The molecule has 0 amide bonds. The highest BCUT2D eigenvalue weighted by Gasteiger charge is 2.10. The van der Waals surface area contributed by atoms with Gasteiger partial charge in [0.05, 0.1) is 6.04 Å². The quantitative estimate of drug-likeness (QED) is 0.653. The molecule has 2 N–H and O–H groups in total. The standard InChI is InChI=1S/C12H14Cl2N2S/c1-3-6-15-12(17)16-8(2)10-5-4-9(13)7-11(10)14/h3-5,7-8H,1,6H2,2H3,(H2,15,16,17)/t8-/m0/s1. The van der Waals surface area contributed by atoms with Crippen LogP contribution in [0.2, 0.25) is 10.0 Å². The number of thiocarbonyl (C=S) groups is 1. The average Bonchev–Trinajstić information content (AvgIpc) is 2.26. The van der Waals surface area contributed by atoms with Crippen LogP contribution in [0.3, 0.4) is 0 Å². The van der Waals surface area contributed by atoms with Gasteiger partial charge in [0.1, 0.15) is 0 Å². The first kappa shape index (κ1) is 14.3. The van der Waals surface area contributed by atoms with Crippen molar-refractivity contribution in [2.24, 2.45) is 0 Å². The van der Waals surface area contributed by atoms with Crippen molar-refractivity contribution in [3.63, 3.8) is 0 Å². The zero-order valence-corrected chi connectivity index (χ0v) is 11.8. The molecule has 0 saturated carbocycles. The minimum atomic E-state index is 0.0181. The Morgan fingerprint density at radius 2 is 2.24 bits per heavy atom. The van der Waals surface area contributed by atoms with Crippen LogP contribution >= 0.6 is 35.4 Å². The molecule has 0 radical (unpaired) electrons. The van der Waals surface area contributed by atoms with Crippen molar-refractivity contribution in [3.8, 4) is 0 Å². The van der Waals surface area contributed by atoms with Crippen LogP contribution in [-0.2, 0) is 0 Å². The number of rotatable bonds is 4. The third-order valence-electron chi connectivity index (χ3n) is 2.18. The Hall–Kier alpha value is -0.770. The molecule has 0 fully saturated rings. The molecule has 1 rings (SSSR count). The Kier molecular flexibility index (Phi) is 5.75. The third kappa shape index (κ3) is 4.54. The predicted molar refractivity (Wildman–Crippen MR) is 78.8 cm³/mol. The molecule has 0 aromatic heterocycles. The third-order valence-corrected chi connectivity index (χ3v) is 3.01. The first-order valence-electron chi connectivity index (χ1n) is 5.14. The van der Waals surface area contributed by atoms with Crippen molar-refractivity contribution in [3.05, 3.63) is 46.5 Å². The van der Waals surface area contributed by atoms with Crippen molar-refractivity contribution in [2.45, 2.75) is 13.0 Å². The summed E-state index contributed by atoms with van der Waals surface area (Å²) in [6, 6.07) is 5.43. The lowest BCUT2D eigenvalue weighted by molar-refractivity contribution is 0.706. The number of hydrogen-bond donors (Lipinski definition) is 2. The maximum atomic E-state index is 6.11. The Labute approximate surface area is 117 Å². The van der Waals surface area contributed by atoms with E-state index in [2.05, 4.69) is 17.2 Å². The molecule has 0 aliphatic heterocycles. The zero-order chi connectivity index (χ0) is 12.8. The molecule has 5 heteroatoms. The second-order valence-electron chi connectivity index (χ2n) is 3.53. The molecule has 1 atom stereocenters. The molecule has 92 valence electrons.